The molecule has 3 N–H and O–H groups in total. The molecule has 0 saturated heterocycles. The maximum atomic E-state index is 11.4. The van der Waals surface area contributed by atoms with Gasteiger partial charge in [0.05, 0.1) is 25.3 Å². The van der Waals surface area contributed by atoms with Crippen LogP contribution < -0.4 is 11.1 Å². The van der Waals surface area contributed by atoms with Crippen molar-refractivity contribution in [3.63, 3.8) is 0 Å². The van der Waals surface area contributed by atoms with Gasteiger partial charge in [0, 0.05) is 5.38 Å². The standard InChI is InChI=1S/C10H15N3O3S/c1-6(11)10-13-7(5-17-10)3-8(14)12-4-9(15)16-2/h5-6H,3-4,11H2,1-2H3,(H,12,14). The van der Waals surface area contributed by atoms with Crippen molar-refractivity contribution in [3.8, 4) is 0 Å². The van der Waals surface area contributed by atoms with Crippen LogP contribution in [0.1, 0.15) is 23.7 Å². The first-order valence-electron chi connectivity index (χ1n) is 5.06. The Labute approximate surface area is 103 Å². The normalized spacial score (nSPS) is 11.9. The van der Waals surface area contributed by atoms with Gasteiger partial charge in [-0.25, -0.2) is 4.98 Å². The molecule has 17 heavy (non-hydrogen) atoms. The van der Waals surface area contributed by atoms with Crippen molar-refractivity contribution < 1.29 is 14.3 Å². The molecular weight excluding hydrogens is 242 g/mol. The van der Waals surface area contributed by atoms with E-state index in [0.29, 0.717) is 5.69 Å². The summed E-state index contributed by atoms with van der Waals surface area (Å²) in [4.78, 5) is 26.4. The number of aromatic nitrogens is 1. The van der Waals surface area contributed by atoms with Gasteiger partial charge in [-0.15, -0.1) is 11.3 Å². The van der Waals surface area contributed by atoms with E-state index in [0.717, 1.165) is 5.01 Å². The van der Waals surface area contributed by atoms with Gasteiger partial charge in [-0.2, -0.15) is 0 Å². The molecule has 94 valence electrons. The SMILES string of the molecule is COC(=O)CNC(=O)Cc1csc(C(C)N)n1. The molecule has 0 aliphatic rings. The largest absolute Gasteiger partial charge is 0.468 e. The molecule has 1 atom stereocenters. The Morgan fingerprint density at radius 3 is 2.88 bits per heavy atom. The molecule has 0 bridgehead atoms. The van der Waals surface area contributed by atoms with E-state index < -0.39 is 5.97 Å². The number of nitrogens with one attached hydrogen (secondary N) is 1. The van der Waals surface area contributed by atoms with Crippen LogP contribution in [-0.2, 0) is 20.7 Å². The number of nitrogens with two attached hydrogens (primary N) is 1. The molecule has 0 saturated carbocycles. The minimum atomic E-state index is -0.479. The number of methoxy groups -OCH3 is 1. The third-order valence-electron chi connectivity index (χ3n) is 1.96. The van der Waals surface area contributed by atoms with Crippen LogP contribution >= 0.6 is 11.3 Å². The van der Waals surface area contributed by atoms with E-state index in [4.69, 9.17) is 5.73 Å². The Morgan fingerprint density at radius 1 is 1.65 bits per heavy atom. The quantitative estimate of drug-likeness (QED) is 0.724. The van der Waals surface area contributed by atoms with Crippen molar-refractivity contribution >= 4 is 23.2 Å². The zero-order valence-corrected chi connectivity index (χ0v) is 10.5. The fraction of sp³-hybridized carbons (Fsp3) is 0.500. The average Bonchev–Trinajstić information content (AvgIpc) is 2.74. The topological polar surface area (TPSA) is 94.3 Å². The summed E-state index contributed by atoms with van der Waals surface area (Å²) in [5.41, 5.74) is 6.32. The number of carbonyl (C=O) groups is 2. The summed E-state index contributed by atoms with van der Waals surface area (Å²) < 4.78 is 4.40. The van der Waals surface area contributed by atoms with Crippen LogP contribution in [0.5, 0.6) is 0 Å². The number of rotatable bonds is 5. The second-order valence-electron chi connectivity index (χ2n) is 3.50. The molecule has 1 aromatic heterocycles. The number of amides is 1. The lowest BCUT2D eigenvalue weighted by molar-refractivity contribution is -0.141. The van der Waals surface area contributed by atoms with E-state index in [1.165, 1.54) is 18.4 Å². The highest BCUT2D eigenvalue weighted by Crippen LogP contribution is 2.15. The number of hydrogen-bond donors (Lipinski definition) is 2. The number of hydrogen-bond acceptors (Lipinski definition) is 6. The summed E-state index contributed by atoms with van der Waals surface area (Å²) >= 11 is 1.42. The van der Waals surface area contributed by atoms with Gasteiger partial charge in [-0.05, 0) is 6.92 Å². The first kappa shape index (κ1) is 13.6. The van der Waals surface area contributed by atoms with E-state index in [2.05, 4.69) is 15.0 Å². The number of ether oxygens (including phenoxy) is 1. The van der Waals surface area contributed by atoms with Gasteiger partial charge < -0.3 is 15.8 Å². The summed E-state index contributed by atoms with van der Waals surface area (Å²) in [6.45, 7) is 1.71. The second-order valence-corrected chi connectivity index (χ2v) is 4.39. The molecule has 0 aliphatic carbocycles. The molecule has 1 heterocycles. The first-order chi connectivity index (χ1) is 8.02. The van der Waals surface area contributed by atoms with Crippen LogP contribution in [0.2, 0.25) is 0 Å². The molecule has 7 heteroatoms. The van der Waals surface area contributed by atoms with E-state index in [9.17, 15) is 9.59 Å². The van der Waals surface area contributed by atoms with Gasteiger partial charge in [0.25, 0.3) is 0 Å². The highest BCUT2D eigenvalue weighted by atomic mass is 32.1. The maximum absolute atomic E-state index is 11.4. The molecule has 0 radical (unpaired) electrons. The van der Waals surface area contributed by atoms with Crippen molar-refractivity contribution in [1.29, 1.82) is 0 Å². The Balaban J connectivity index is 2.42. The molecule has 1 unspecified atom stereocenters. The minimum Gasteiger partial charge on any atom is -0.468 e. The summed E-state index contributed by atoms with van der Waals surface area (Å²) in [5.74, 6) is -0.746. The van der Waals surface area contributed by atoms with E-state index in [-0.39, 0.29) is 24.9 Å². The average molecular weight is 257 g/mol. The van der Waals surface area contributed by atoms with Crippen molar-refractivity contribution in [2.45, 2.75) is 19.4 Å². The van der Waals surface area contributed by atoms with E-state index >= 15 is 0 Å². The lowest BCUT2D eigenvalue weighted by atomic mass is 10.3. The van der Waals surface area contributed by atoms with Crippen molar-refractivity contribution in [2.75, 3.05) is 13.7 Å². The van der Waals surface area contributed by atoms with Crippen LogP contribution in [0.3, 0.4) is 0 Å². The molecular formula is C10H15N3O3S. The molecule has 0 fully saturated rings. The highest BCUT2D eigenvalue weighted by molar-refractivity contribution is 7.09. The van der Waals surface area contributed by atoms with E-state index in [1.54, 1.807) is 5.38 Å². The zero-order valence-electron chi connectivity index (χ0n) is 9.73. The van der Waals surface area contributed by atoms with Gasteiger partial charge in [-0.1, -0.05) is 0 Å². The summed E-state index contributed by atoms with van der Waals surface area (Å²) in [7, 11) is 1.27. The van der Waals surface area contributed by atoms with Gasteiger partial charge in [0.15, 0.2) is 0 Å². The predicted molar refractivity (Wildman–Crippen MR) is 63.4 cm³/mol. The lowest BCUT2D eigenvalue weighted by Crippen LogP contribution is -2.31. The molecule has 1 amide bonds. The van der Waals surface area contributed by atoms with E-state index in [1.807, 2.05) is 6.92 Å². The predicted octanol–water partition coefficient (Wildman–Crippen LogP) is -0.00550. The number of esters is 1. The Bertz CT molecular complexity index is 403. The van der Waals surface area contributed by atoms with Crippen LogP contribution in [0.25, 0.3) is 0 Å². The maximum Gasteiger partial charge on any atom is 0.325 e. The molecule has 6 nitrogen and oxygen atoms in total. The number of thiazole rings is 1. The number of nitrogens with zero attached hydrogens (tertiary/aromatic N) is 1. The Kier molecular flexibility index (Phi) is 5.05. The molecule has 0 aromatic carbocycles. The van der Waals surface area contributed by atoms with Gasteiger partial charge in [-0.3, -0.25) is 9.59 Å². The number of carbonyl (C=O) groups excluding carboxylic acids is 2. The minimum absolute atomic E-state index is 0.125. The summed E-state index contributed by atoms with van der Waals surface area (Å²) in [5, 5.41) is 5.02. The lowest BCUT2D eigenvalue weighted by Gasteiger charge is -2.02. The highest BCUT2D eigenvalue weighted by Gasteiger charge is 2.10. The summed E-state index contributed by atoms with van der Waals surface area (Å²) in [6.07, 6.45) is 0.139. The third kappa shape index (κ3) is 4.49. The van der Waals surface area contributed by atoms with Crippen LogP contribution in [0.4, 0.5) is 0 Å². The van der Waals surface area contributed by atoms with Crippen LogP contribution in [0.15, 0.2) is 5.38 Å². The molecule has 1 rings (SSSR count). The van der Waals surface area contributed by atoms with Gasteiger partial charge in [0.2, 0.25) is 5.91 Å². The fourth-order valence-electron chi connectivity index (χ4n) is 1.08. The molecule has 0 spiro atoms. The Hall–Kier alpha value is -1.47. The van der Waals surface area contributed by atoms with Gasteiger partial charge in [0.1, 0.15) is 11.6 Å². The second kappa shape index (κ2) is 6.31. The van der Waals surface area contributed by atoms with Crippen LogP contribution in [-0.4, -0.2) is 30.5 Å². The Morgan fingerprint density at radius 2 is 2.35 bits per heavy atom. The van der Waals surface area contributed by atoms with Crippen molar-refractivity contribution in [2.24, 2.45) is 5.73 Å². The summed E-state index contributed by atoms with van der Waals surface area (Å²) in [6, 6.07) is -0.133. The molecule has 0 aliphatic heterocycles. The third-order valence-corrected chi connectivity index (χ3v) is 3.05. The van der Waals surface area contributed by atoms with Crippen molar-refractivity contribution in [3.05, 3.63) is 16.1 Å². The monoisotopic (exact) mass is 257 g/mol. The van der Waals surface area contributed by atoms with Crippen molar-refractivity contribution in [1.82, 2.24) is 10.3 Å². The van der Waals surface area contributed by atoms with Crippen LogP contribution in [0, 0.1) is 0 Å². The smallest absolute Gasteiger partial charge is 0.325 e. The zero-order chi connectivity index (χ0) is 12.8. The van der Waals surface area contributed by atoms with Gasteiger partial charge >= 0.3 is 5.97 Å². The molecule has 1 aromatic rings. The first-order valence-corrected chi connectivity index (χ1v) is 5.94. The fourth-order valence-corrected chi connectivity index (χ4v) is 1.86.